The minimum atomic E-state index is 0.212. The van der Waals surface area contributed by atoms with Gasteiger partial charge in [-0.15, -0.1) is 0 Å². The number of carbonyl (C=O) groups is 1. The average Bonchev–Trinajstić information content (AvgIpc) is 2.30. The Bertz CT molecular complexity index is 410. The van der Waals surface area contributed by atoms with Crippen molar-refractivity contribution < 1.29 is 4.79 Å². The molecule has 0 aliphatic rings. The molecule has 2 heteroatoms. The standard InChI is InChI=1S/C16H25NO/c1-12(2)8-9-17(5)11-16(18)15-7-6-13(3)14(4)10-15/h6-7,10,12H,8-9,11H2,1-5H3. The van der Waals surface area contributed by atoms with Gasteiger partial charge in [-0.25, -0.2) is 0 Å². The summed E-state index contributed by atoms with van der Waals surface area (Å²) < 4.78 is 0. The van der Waals surface area contributed by atoms with Crippen LogP contribution in [0.4, 0.5) is 0 Å². The first-order chi connectivity index (χ1) is 8.40. The molecule has 18 heavy (non-hydrogen) atoms. The van der Waals surface area contributed by atoms with Crippen LogP contribution in [0.1, 0.15) is 41.8 Å². The highest BCUT2D eigenvalue weighted by atomic mass is 16.1. The molecule has 0 atom stereocenters. The van der Waals surface area contributed by atoms with E-state index in [2.05, 4.69) is 32.6 Å². The van der Waals surface area contributed by atoms with E-state index in [1.54, 1.807) is 0 Å². The molecule has 0 radical (unpaired) electrons. The van der Waals surface area contributed by atoms with E-state index in [1.165, 1.54) is 11.1 Å². The summed E-state index contributed by atoms with van der Waals surface area (Å²) >= 11 is 0. The second-order valence-electron chi connectivity index (χ2n) is 5.64. The molecule has 1 rings (SSSR count). The van der Waals surface area contributed by atoms with Crippen LogP contribution in [-0.2, 0) is 0 Å². The van der Waals surface area contributed by atoms with Gasteiger partial charge in [0.15, 0.2) is 5.78 Å². The van der Waals surface area contributed by atoms with Crippen LogP contribution < -0.4 is 0 Å². The Morgan fingerprint density at radius 3 is 2.44 bits per heavy atom. The maximum absolute atomic E-state index is 12.1. The molecule has 0 saturated carbocycles. The zero-order chi connectivity index (χ0) is 13.7. The van der Waals surface area contributed by atoms with Crippen molar-refractivity contribution in [2.24, 2.45) is 5.92 Å². The fraction of sp³-hybridized carbons (Fsp3) is 0.562. The van der Waals surface area contributed by atoms with Gasteiger partial charge in [0.2, 0.25) is 0 Å². The zero-order valence-electron chi connectivity index (χ0n) is 12.3. The van der Waals surface area contributed by atoms with E-state index in [4.69, 9.17) is 0 Å². The van der Waals surface area contributed by atoms with Crippen LogP contribution in [-0.4, -0.2) is 30.8 Å². The van der Waals surface area contributed by atoms with Gasteiger partial charge in [-0.2, -0.15) is 0 Å². The van der Waals surface area contributed by atoms with E-state index < -0.39 is 0 Å². The molecule has 0 saturated heterocycles. The number of carbonyl (C=O) groups excluding carboxylic acids is 1. The molecule has 0 aromatic heterocycles. The van der Waals surface area contributed by atoms with Crippen LogP contribution in [0, 0.1) is 19.8 Å². The summed E-state index contributed by atoms with van der Waals surface area (Å²) in [6.07, 6.45) is 1.14. The summed E-state index contributed by atoms with van der Waals surface area (Å²) in [5.41, 5.74) is 3.25. The first kappa shape index (κ1) is 14.9. The van der Waals surface area contributed by atoms with Crippen molar-refractivity contribution in [2.75, 3.05) is 20.1 Å². The van der Waals surface area contributed by atoms with E-state index in [-0.39, 0.29) is 5.78 Å². The van der Waals surface area contributed by atoms with Crippen LogP contribution in [0.2, 0.25) is 0 Å². The van der Waals surface area contributed by atoms with Crippen molar-refractivity contribution in [3.05, 3.63) is 34.9 Å². The van der Waals surface area contributed by atoms with Crippen molar-refractivity contribution in [3.63, 3.8) is 0 Å². The minimum Gasteiger partial charge on any atom is -0.299 e. The van der Waals surface area contributed by atoms with Gasteiger partial charge < -0.3 is 0 Å². The van der Waals surface area contributed by atoms with E-state index in [0.717, 1.165) is 18.5 Å². The zero-order valence-corrected chi connectivity index (χ0v) is 12.3. The van der Waals surface area contributed by atoms with Gasteiger partial charge in [-0.05, 0) is 57.0 Å². The van der Waals surface area contributed by atoms with Crippen molar-refractivity contribution in [1.82, 2.24) is 4.90 Å². The summed E-state index contributed by atoms with van der Waals surface area (Å²) in [7, 11) is 2.02. The number of benzene rings is 1. The van der Waals surface area contributed by atoms with Crippen LogP contribution >= 0.6 is 0 Å². The maximum Gasteiger partial charge on any atom is 0.176 e. The van der Waals surface area contributed by atoms with Crippen molar-refractivity contribution in [3.8, 4) is 0 Å². The number of likely N-dealkylation sites (N-methyl/N-ethyl adjacent to an activating group) is 1. The Kier molecular flexibility index (Phi) is 5.54. The molecular weight excluding hydrogens is 222 g/mol. The molecule has 2 nitrogen and oxygen atoms in total. The summed E-state index contributed by atoms with van der Waals surface area (Å²) in [5, 5.41) is 0. The summed E-state index contributed by atoms with van der Waals surface area (Å²) in [6, 6.07) is 5.95. The maximum atomic E-state index is 12.1. The first-order valence-electron chi connectivity index (χ1n) is 6.69. The summed E-state index contributed by atoms with van der Waals surface area (Å²) in [6.45, 7) is 10.0. The molecule has 0 aliphatic carbocycles. The van der Waals surface area contributed by atoms with Gasteiger partial charge in [0.1, 0.15) is 0 Å². The summed E-state index contributed by atoms with van der Waals surface area (Å²) in [4.78, 5) is 14.2. The topological polar surface area (TPSA) is 20.3 Å². The lowest BCUT2D eigenvalue weighted by atomic mass is 10.0. The normalized spacial score (nSPS) is 11.3. The number of ketones is 1. The van der Waals surface area contributed by atoms with Crippen molar-refractivity contribution in [1.29, 1.82) is 0 Å². The Hall–Kier alpha value is -1.15. The summed E-state index contributed by atoms with van der Waals surface area (Å²) in [5.74, 6) is 0.897. The Balaban J connectivity index is 2.56. The van der Waals surface area contributed by atoms with Crippen LogP contribution in [0.5, 0.6) is 0 Å². The van der Waals surface area contributed by atoms with E-state index in [0.29, 0.717) is 12.5 Å². The predicted molar refractivity (Wildman–Crippen MR) is 77.2 cm³/mol. The van der Waals surface area contributed by atoms with Gasteiger partial charge in [0.25, 0.3) is 0 Å². The lowest BCUT2D eigenvalue weighted by Gasteiger charge is -2.17. The largest absolute Gasteiger partial charge is 0.299 e. The Labute approximate surface area is 111 Å². The Morgan fingerprint density at radius 2 is 1.89 bits per heavy atom. The molecule has 0 aliphatic heterocycles. The predicted octanol–water partition coefficient (Wildman–Crippen LogP) is 3.46. The molecule has 0 fully saturated rings. The smallest absolute Gasteiger partial charge is 0.176 e. The second kappa shape index (κ2) is 6.69. The number of hydrogen-bond acceptors (Lipinski definition) is 2. The van der Waals surface area contributed by atoms with E-state index >= 15 is 0 Å². The third-order valence-corrected chi connectivity index (χ3v) is 3.33. The first-order valence-corrected chi connectivity index (χ1v) is 6.69. The third-order valence-electron chi connectivity index (χ3n) is 3.33. The highest BCUT2D eigenvalue weighted by molar-refractivity contribution is 5.97. The number of Topliss-reactive ketones (excluding diaryl/α,β-unsaturated/α-hetero) is 1. The molecular formula is C16H25NO. The van der Waals surface area contributed by atoms with Crippen LogP contribution in [0.25, 0.3) is 0 Å². The van der Waals surface area contributed by atoms with Crippen molar-refractivity contribution in [2.45, 2.75) is 34.1 Å². The Morgan fingerprint density at radius 1 is 1.22 bits per heavy atom. The molecule has 100 valence electrons. The van der Waals surface area contributed by atoms with Gasteiger partial charge in [0.05, 0.1) is 6.54 Å². The molecule has 0 spiro atoms. The molecule has 0 bridgehead atoms. The SMILES string of the molecule is Cc1ccc(C(=O)CN(C)CCC(C)C)cc1C. The fourth-order valence-electron chi connectivity index (χ4n) is 1.81. The van der Waals surface area contributed by atoms with Crippen LogP contribution in [0.3, 0.4) is 0 Å². The number of hydrogen-bond donors (Lipinski definition) is 0. The quantitative estimate of drug-likeness (QED) is 0.717. The third kappa shape index (κ3) is 4.61. The van der Waals surface area contributed by atoms with E-state index in [9.17, 15) is 4.79 Å². The monoisotopic (exact) mass is 247 g/mol. The van der Waals surface area contributed by atoms with Gasteiger partial charge >= 0.3 is 0 Å². The van der Waals surface area contributed by atoms with Gasteiger partial charge in [-0.3, -0.25) is 9.69 Å². The molecule has 1 aromatic carbocycles. The van der Waals surface area contributed by atoms with Gasteiger partial charge in [-0.1, -0.05) is 26.0 Å². The highest BCUT2D eigenvalue weighted by Gasteiger charge is 2.10. The second-order valence-corrected chi connectivity index (χ2v) is 5.64. The average molecular weight is 247 g/mol. The van der Waals surface area contributed by atoms with Crippen LogP contribution in [0.15, 0.2) is 18.2 Å². The molecule has 0 heterocycles. The fourth-order valence-corrected chi connectivity index (χ4v) is 1.81. The number of nitrogens with zero attached hydrogens (tertiary/aromatic N) is 1. The lowest BCUT2D eigenvalue weighted by Crippen LogP contribution is -2.27. The lowest BCUT2D eigenvalue weighted by molar-refractivity contribution is 0.0943. The van der Waals surface area contributed by atoms with Gasteiger partial charge in [0, 0.05) is 5.56 Å². The molecule has 1 aromatic rings. The number of rotatable bonds is 6. The number of aryl methyl sites for hydroxylation is 2. The van der Waals surface area contributed by atoms with Crippen molar-refractivity contribution >= 4 is 5.78 Å². The highest BCUT2D eigenvalue weighted by Crippen LogP contribution is 2.11. The molecule has 0 amide bonds. The molecule has 0 unspecified atom stereocenters. The molecule has 0 N–H and O–H groups in total. The van der Waals surface area contributed by atoms with E-state index in [1.807, 2.05) is 25.2 Å². The minimum absolute atomic E-state index is 0.212.